The molecule has 0 bridgehead atoms. The SMILES string of the molecule is CC/C=C\C/C=C\C/C=C\C/C=C\C/C=C\C/C=C\C/C=C\C/C=C\C/C=C\CCCCCCCCCCCC(=O)NC(COC1OC(CO)C(O)C(O)C1O)C(O)/C=C/CC/C=C/CC/C=C/CCCCCC. The molecule has 1 aliphatic heterocycles. The number of ether oxygens (including phenoxy) is 2. The fraction of sp³-hybridized carbons (Fsp3) is 0.615. The van der Waals surface area contributed by atoms with E-state index in [9.17, 15) is 30.3 Å². The molecule has 9 heteroatoms. The molecule has 1 rings (SSSR count). The van der Waals surface area contributed by atoms with E-state index in [2.05, 4.69) is 153 Å². The number of aliphatic hydroxyl groups excluding tert-OH is 5. The Bertz CT molecular complexity index is 1660. The summed E-state index contributed by atoms with van der Waals surface area (Å²) in [5.74, 6) is -0.205. The summed E-state index contributed by atoms with van der Waals surface area (Å²) in [6.07, 6.45) is 74.8. The Kier molecular flexibility index (Phi) is 48.3. The number of hydrogen-bond acceptors (Lipinski definition) is 8. The maximum atomic E-state index is 13.0. The number of aliphatic hydroxyl groups is 5. The second-order valence-corrected chi connectivity index (χ2v) is 19.3. The lowest BCUT2D eigenvalue weighted by molar-refractivity contribution is -0.302. The Morgan fingerprint density at radius 2 is 0.851 bits per heavy atom. The van der Waals surface area contributed by atoms with Crippen molar-refractivity contribution in [3.63, 3.8) is 0 Å². The van der Waals surface area contributed by atoms with Crippen molar-refractivity contribution in [1.29, 1.82) is 0 Å². The van der Waals surface area contributed by atoms with Gasteiger partial charge in [-0.2, -0.15) is 0 Å². The summed E-state index contributed by atoms with van der Waals surface area (Å²) in [5, 5.41) is 54.4. The topological polar surface area (TPSA) is 149 Å². The third-order valence-electron chi connectivity index (χ3n) is 12.6. The zero-order chi connectivity index (χ0) is 53.6. The van der Waals surface area contributed by atoms with Crippen LogP contribution in [0, 0.1) is 0 Å². The van der Waals surface area contributed by atoms with Crippen LogP contribution in [-0.4, -0.2) is 87.5 Å². The molecule has 9 nitrogen and oxygen atoms in total. The van der Waals surface area contributed by atoms with Crippen LogP contribution in [0.1, 0.15) is 200 Å². The van der Waals surface area contributed by atoms with Crippen LogP contribution >= 0.6 is 0 Å². The summed E-state index contributed by atoms with van der Waals surface area (Å²) >= 11 is 0. The van der Waals surface area contributed by atoms with Gasteiger partial charge >= 0.3 is 0 Å². The number of nitrogens with one attached hydrogen (secondary N) is 1. The highest BCUT2D eigenvalue weighted by Crippen LogP contribution is 2.22. The van der Waals surface area contributed by atoms with E-state index < -0.39 is 49.5 Å². The molecule has 0 saturated carbocycles. The number of unbranched alkanes of at least 4 members (excludes halogenated alkanes) is 15. The average Bonchev–Trinajstić information content (AvgIpc) is 3.40. The van der Waals surface area contributed by atoms with E-state index in [1.807, 2.05) is 6.08 Å². The molecule has 0 aromatic carbocycles. The van der Waals surface area contributed by atoms with Gasteiger partial charge in [0.15, 0.2) is 6.29 Å². The number of allylic oxidation sites excluding steroid dienone is 23. The zero-order valence-corrected chi connectivity index (χ0v) is 46.3. The van der Waals surface area contributed by atoms with Gasteiger partial charge in [0.1, 0.15) is 24.4 Å². The molecule has 7 unspecified atom stereocenters. The van der Waals surface area contributed by atoms with Crippen molar-refractivity contribution in [2.75, 3.05) is 13.2 Å². The highest BCUT2D eigenvalue weighted by atomic mass is 16.7. The zero-order valence-electron chi connectivity index (χ0n) is 46.3. The lowest BCUT2D eigenvalue weighted by Crippen LogP contribution is -2.60. The molecule has 0 radical (unpaired) electrons. The first-order valence-electron chi connectivity index (χ1n) is 29.1. The Morgan fingerprint density at radius 3 is 1.30 bits per heavy atom. The fourth-order valence-electron chi connectivity index (χ4n) is 8.06. The average molecular weight is 1030 g/mol. The van der Waals surface area contributed by atoms with E-state index in [-0.39, 0.29) is 12.5 Å². The van der Waals surface area contributed by atoms with Crippen LogP contribution < -0.4 is 5.32 Å². The third-order valence-corrected chi connectivity index (χ3v) is 12.6. The van der Waals surface area contributed by atoms with Gasteiger partial charge in [-0.3, -0.25) is 4.79 Å². The van der Waals surface area contributed by atoms with E-state index in [0.717, 1.165) is 122 Å². The largest absolute Gasteiger partial charge is 0.394 e. The Labute approximate surface area is 451 Å². The monoisotopic (exact) mass is 1030 g/mol. The molecule has 1 amide bonds. The van der Waals surface area contributed by atoms with Crippen molar-refractivity contribution in [2.24, 2.45) is 0 Å². The first-order chi connectivity index (χ1) is 36.3. The normalized spacial score (nSPS) is 20.1. The van der Waals surface area contributed by atoms with Crippen molar-refractivity contribution in [3.05, 3.63) is 146 Å². The highest BCUT2D eigenvalue weighted by Gasteiger charge is 2.44. The molecule has 0 aliphatic carbocycles. The van der Waals surface area contributed by atoms with Gasteiger partial charge in [-0.1, -0.05) is 224 Å². The van der Waals surface area contributed by atoms with Crippen LogP contribution in [-0.2, 0) is 14.3 Å². The van der Waals surface area contributed by atoms with Crippen molar-refractivity contribution < 1.29 is 39.8 Å². The highest BCUT2D eigenvalue weighted by molar-refractivity contribution is 5.76. The predicted molar refractivity (Wildman–Crippen MR) is 313 cm³/mol. The summed E-state index contributed by atoms with van der Waals surface area (Å²) in [6, 6.07) is -0.841. The van der Waals surface area contributed by atoms with Crippen molar-refractivity contribution in [1.82, 2.24) is 5.32 Å². The quantitative estimate of drug-likeness (QED) is 0.0261. The maximum absolute atomic E-state index is 13.0. The molecule has 0 aromatic rings. The Morgan fingerprint density at radius 1 is 0.473 bits per heavy atom. The third kappa shape index (κ3) is 41.3. The lowest BCUT2D eigenvalue weighted by Gasteiger charge is -2.40. The number of carbonyl (C=O) groups excluding carboxylic acids is 1. The Hall–Kier alpha value is -3.93. The van der Waals surface area contributed by atoms with Crippen LogP contribution in [0.3, 0.4) is 0 Å². The summed E-state index contributed by atoms with van der Waals surface area (Å²) in [6.45, 7) is 3.59. The van der Waals surface area contributed by atoms with Crippen LogP contribution in [0.4, 0.5) is 0 Å². The van der Waals surface area contributed by atoms with E-state index in [1.165, 1.54) is 57.8 Å². The Balaban J connectivity index is 2.20. The van der Waals surface area contributed by atoms with Crippen LogP contribution in [0.2, 0.25) is 0 Å². The molecule has 0 spiro atoms. The van der Waals surface area contributed by atoms with Crippen molar-refractivity contribution >= 4 is 5.91 Å². The smallest absolute Gasteiger partial charge is 0.220 e. The van der Waals surface area contributed by atoms with E-state index >= 15 is 0 Å². The minimum atomic E-state index is -1.58. The second kappa shape index (κ2) is 52.5. The second-order valence-electron chi connectivity index (χ2n) is 19.3. The maximum Gasteiger partial charge on any atom is 0.220 e. The minimum Gasteiger partial charge on any atom is -0.394 e. The molecule has 1 saturated heterocycles. The van der Waals surface area contributed by atoms with Gasteiger partial charge in [0.25, 0.3) is 0 Å². The number of carbonyl (C=O) groups is 1. The van der Waals surface area contributed by atoms with Gasteiger partial charge in [0, 0.05) is 6.42 Å². The molecule has 418 valence electrons. The number of hydrogen-bond donors (Lipinski definition) is 6. The van der Waals surface area contributed by atoms with Gasteiger partial charge in [-0.15, -0.1) is 0 Å². The summed E-state index contributed by atoms with van der Waals surface area (Å²) in [5.41, 5.74) is 0. The van der Waals surface area contributed by atoms with Crippen molar-refractivity contribution in [3.8, 4) is 0 Å². The first-order valence-corrected chi connectivity index (χ1v) is 29.1. The molecule has 1 heterocycles. The van der Waals surface area contributed by atoms with Gasteiger partial charge in [-0.25, -0.2) is 0 Å². The molecular weight excluding hydrogens is 923 g/mol. The molecule has 7 atom stereocenters. The first kappa shape index (κ1) is 68.1. The minimum absolute atomic E-state index is 0.205. The predicted octanol–water partition coefficient (Wildman–Crippen LogP) is 14.7. The van der Waals surface area contributed by atoms with Gasteiger partial charge in [0.05, 0.1) is 25.4 Å². The summed E-state index contributed by atoms with van der Waals surface area (Å²) in [4.78, 5) is 13.0. The van der Waals surface area contributed by atoms with Crippen LogP contribution in [0.15, 0.2) is 146 Å². The number of amides is 1. The lowest BCUT2D eigenvalue weighted by atomic mass is 9.99. The molecule has 0 aromatic heterocycles. The van der Waals surface area contributed by atoms with Crippen LogP contribution in [0.5, 0.6) is 0 Å². The van der Waals surface area contributed by atoms with Crippen molar-refractivity contribution in [2.45, 2.75) is 243 Å². The summed E-state index contributed by atoms with van der Waals surface area (Å²) < 4.78 is 11.2. The van der Waals surface area contributed by atoms with Gasteiger partial charge < -0.3 is 40.3 Å². The summed E-state index contributed by atoms with van der Waals surface area (Å²) in [7, 11) is 0. The molecule has 74 heavy (non-hydrogen) atoms. The molecule has 1 fully saturated rings. The van der Waals surface area contributed by atoms with Gasteiger partial charge in [0.2, 0.25) is 5.91 Å². The van der Waals surface area contributed by atoms with E-state index in [1.54, 1.807) is 6.08 Å². The van der Waals surface area contributed by atoms with Crippen LogP contribution in [0.25, 0.3) is 0 Å². The standard InChI is InChI=1S/C65H105NO8/c1-3-5-7-9-11-13-15-17-19-20-21-22-23-24-25-26-27-28-29-30-31-32-33-34-35-36-37-38-39-40-41-43-45-47-49-51-53-55-61(69)66-58(57-73-65-64(72)63(71)62(70)60(56-67)74-65)59(68)54-52-50-48-46-44-42-18-16-14-12-10-8-6-4-2/h5,7,11,13-14,16-17,19,21-22,24-25,27-28,30-31,33-34,36-37,44,46,52,54,58-60,62-65,67-68,70-72H,3-4,6,8-10,12,15,18,20,23,26,29,32,35,38-43,45,47-51,53,55-57H2,1-2H3,(H,66,69)/b7-5-,13-11-,16-14+,19-17-,22-21-,25-24-,28-27-,31-30-,34-33-,37-36-,46-44+,54-52+. The van der Waals surface area contributed by atoms with Gasteiger partial charge in [-0.05, 0) is 116 Å². The van der Waals surface area contributed by atoms with E-state index in [0.29, 0.717) is 6.42 Å². The molecule has 1 aliphatic rings. The molecule has 6 N–H and O–H groups in total. The van der Waals surface area contributed by atoms with E-state index in [4.69, 9.17) is 9.47 Å². The molecular formula is C65H105NO8. The number of rotatable bonds is 47. The fourth-order valence-corrected chi connectivity index (χ4v) is 8.06.